The van der Waals surface area contributed by atoms with E-state index in [1.165, 1.54) is 22.3 Å². The predicted octanol–water partition coefficient (Wildman–Crippen LogP) is 5.64. The van der Waals surface area contributed by atoms with E-state index in [2.05, 4.69) is 60.1 Å². The van der Waals surface area contributed by atoms with Gasteiger partial charge in [-0.1, -0.05) is 57.9 Å². The largest absolute Gasteiger partial charge is 0.0843 e. The van der Waals surface area contributed by atoms with E-state index in [0.29, 0.717) is 4.83 Å². The van der Waals surface area contributed by atoms with Gasteiger partial charge in [0, 0.05) is 9.85 Å². The first-order valence-electron chi connectivity index (χ1n) is 6.02. The van der Waals surface area contributed by atoms with Crippen LogP contribution in [0.25, 0.3) is 0 Å². The Morgan fingerprint density at radius 1 is 1.06 bits per heavy atom. The number of hydrogen-bond acceptors (Lipinski definition) is 0. The van der Waals surface area contributed by atoms with Gasteiger partial charge in [0.2, 0.25) is 0 Å². The van der Waals surface area contributed by atoms with Crippen molar-refractivity contribution in [1.29, 1.82) is 0 Å². The maximum atomic E-state index is 5.90. The van der Waals surface area contributed by atoms with Gasteiger partial charge in [0.25, 0.3) is 0 Å². The molecule has 0 aliphatic carbocycles. The fourth-order valence-electron chi connectivity index (χ4n) is 2.05. The summed E-state index contributed by atoms with van der Waals surface area (Å²) in [6.45, 7) is 4.33. The van der Waals surface area contributed by atoms with E-state index in [9.17, 15) is 0 Å². The monoisotopic (exact) mass is 322 g/mol. The molecule has 0 spiro atoms. The van der Waals surface area contributed by atoms with Crippen LogP contribution in [-0.2, 0) is 6.42 Å². The molecule has 2 aromatic rings. The number of benzene rings is 2. The van der Waals surface area contributed by atoms with Crippen molar-refractivity contribution in [2.75, 3.05) is 0 Å². The lowest BCUT2D eigenvalue weighted by Gasteiger charge is -2.15. The Labute approximate surface area is 122 Å². The van der Waals surface area contributed by atoms with Gasteiger partial charge in [0.1, 0.15) is 0 Å². The third-order valence-corrected chi connectivity index (χ3v) is 4.38. The quantitative estimate of drug-likeness (QED) is 0.642. The molecule has 0 aromatic heterocycles. The van der Waals surface area contributed by atoms with Crippen LogP contribution in [0, 0.1) is 13.8 Å². The highest BCUT2D eigenvalue weighted by Gasteiger charge is 2.11. The van der Waals surface area contributed by atoms with Crippen molar-refractivity contribution in [3.8, 4) is 0 Å². The van der Waals surface area contributed by atoms with Crippen LogP contribution >= 0.6 is 27.5 Å². The molecule has 2 aromatic carbocycles. The molecule has 1 unspecified atom stereocenters. The summed E-state index contributed by atoms with van der Waals surface area (Å²) >= 11 is 9.69. The molecule has 0 amide bonds. The Hall–Kier alpha value is -0.790. The van der Waals surface area contributed by atoms with E-state index < -0.39 is 0 Å². The lowest BCUT2D eigenvalue weighted by molar-refractivity contribution is 0.935. The highest BCUT2D eigenvalue weighted by atomic mass is 79.9. The minimum Gasteiger partial charge on any atom is -0.0843 e. The second-order valence-electron chi connectivity index (χ2n) is 4.59. The van der Waals surface area contributed by atoms with E-state index in [4.69, 9.17) is 11.6 Å². The van der Waals surface area contributed by atoms with E-state index in [1.54, 1.807) is 0 Å². The van der Waals surface area contributed by atoms with Gasteiger partial charge in [-0.15, -0.1) is 0 Å². The van der Waals surface area contributed by atoms with Crippen LogP contribution < -0.4 is 0 Å². The van der Waals surface area contributed by atoms with Gasteiger partial charge in [0.15, 0.2) is 0 Å². The summed E-state index contributed by atoms with van der Waals surface area (Å²) in [7, 11) is 0. The summed E-state index contributed by atoms with van der Waals surface area (Å²) in [4.78, 5) is 0.346. The van der Waals surface area contributed by atoms with Crippen LogP contribution in [0.3, 0.4) is 0 Å². The molecule has 1 atom stereocenters. The standard InChI is InChI=1S/C16H16BrCl/c1-11-4-3-5-15(12(11)2)16(17)10-13-6-8-14(18)9-7-13/h3-9,16H,10H2,1-2H3. The van der Waals surface area contributed by atoms with Gasteiger partial charge < -0.3 is 0 Å². The third-order valence-electron chi connectivity index (χ3n) is 3.31. The first-order valence-corrected chi connectivity index (χ1v) is 7.32. The molecule has 0 fully saturated rings. The minimum absolute atomic E-state index is 0.346. The van der Waals surface area contributed by atoms with E-state index >= 15 is 0 Å². The average Bonchev–Trinajstić information content (AvgIpc) is 2.35. The molecule has 18 heavy (non-hydrogen) atoms. The molecule has 0 bridgehead atoms. The number of aryl methyl sites for hydroxylation is 1. The summed E-state index contributed by atoms with van der Waals surface area (Å²) in [5, 5.41) is 0.789. The van der Waals surface area contributed by atoms with Crippen molar-refractivity contribution < 1.29 is 0 Å². The molecule has 0 aliphatic rings. The summed E-state index contributed by atoms with van der Waals surface area (Å²) in [5.74, 6) is 0. The van der Waals surface area contributed by atoms with Crippen LogP contribution in [0.4, 0.5) is 0 Å². The zero-order chi connectivity index (χ0) is 13.1. The fraction of sp³-hybridized carbons (Fsp3) is 0.250. The van der Waals surface area contributed by atoms with Crippen LogP contribution in [0.2, 0.25) is 5.02 Å². The SMILES string of the molecule is Cc1cccc(C(Br)Cc2ccc(Cl)cc2)c1C. The Balaban J connectivity index is 2.19. The van der Waals surface area contributed by atoms with Gasteiger partial charge in [-0.2, -0.15) is 0 Å². The topological polar surface area (TPSA) is 0 Å². The van der Waals surface area contributed by atoms with Crippen LogP contribution in [0.5, 0.6) is 0 Å². The lowest BCUT2D eigenvalue weighted by atomic mass is 9.97. The van der Waals surface area contributed by atoms with Crippen molar-refractivity contribution in [1.82, 2.24) is 0 Å². The number of rotatable bonds is 3. The normalized spacial score (nSPS) is 12.4. The van der Waals surface area contributed by atoms with E-state index in [0.717, 1.165) is 11.4 Å². The Morgan fingerprint density at radius 2 is 1.72 bits per heavy atom. The average molecular weight is 324 g/mol. The third kappa shape index (κ3) is 3.15. The zero-order valence-corrected chi connectivity index (χ0v) is 12.9. The zero-order valence-electron chi connectivity index (χ0n) is 10.6. The highest BCUT2D eigenvalue weighted by Crippen LogP contribution is 2.30. The van der Waals surface area contributed by atoms with Crippen molar-refractivity contribution >= 4 is 27.5 Å². The lowest BCUT2D eigenvalue weighted by Crippen LogP contribution is -1.99. The first kappa shape index (κ1) is 13.6. The summed E-state index contributed by atoms with van der Waals surface area (Å²) in [5.41, 5.74) is 5.37. The molecule has 0 saturated carbocycles. The minimum atomic E-state index is 0.346. The van der Waals surface area contributed by atoms with Crippen molar-refractivity contribution in [2.24, 2.45) is 0 Å². The molecule has 0 saturated heterocycles. The molecular formula is C16H16BrCl. The number of halogens is 2. The second-order valence-corrected chi connectivity index (χ2v) is 6.13. The summed E-state index contributed by atoms with van der Waals surface area (Å²) in [6.07, 6.45) is 0.974. The Morgan fingerprint density at radius 3 is 2.39 bits per heavy atom. The molecule has 2 rings (SSSR count). The van der Waals surface area contributed by atoms with Gasteiger partial charge in [-0.05, 0) is 54.7 Å². The molecule has 0 aliphatic heterocycles. The molecular weight excluding hydrogens is 308 g/mol. The van der Waals surface area contributed by atoms with Crippen molar-refractivity contribution in [2.45, 2.75) is 25.1 Å². The number of hydrogen-bond donors (Lipinski definition) is 0. The van der Waals surface area contributed by atoms with Gasteiger partial charge in [0.05, 0.1) is 0 Å². The van der Waals surface area contributed by atoms with Gasteiger partial charge in [-0.25, -0.2) is 0 Å². The van der Waals surface area contributed by atoms with Crippen LogP contribution in [-0.4, -0.2) is 0 Å². The van der Waals surface area contributed by atoms with Gasteiger partial charge >= 0.3 is 0 Å². The maximum Gasteiger partial charge on any atom is 0.0438 e. The predicted molar refractivity (Wildman–Crippen MR) is 82.7 cm³/mol. The first-order chi connectivity index (χ1) is 8.58. The van der Waals surface area contributed by atoms with Crippen molar-refractivity contribution in [3.05, 3.63) is 69.7 Å². The second kappa shape index (κ2) is 5.90. The Bertz CT molecular complexity index is 531. The molecule has 2 heteroatoms. The molecule has 94 valence electrons. The maximum absolute atomic E-state index is 5.90. The summed E-state index contributed by atoms with van der Waals surface area (Å²) in [6, 6.07) is 14.5. The van der Waals surface area contributed by atoms with E-state index in [-0.39, 0.29) is 0 Å². The smallest absolute Gasteiger partial charge is 0.0438 e. The van der Waals surface area contributed by atoms with Crippen LogP contribution in [0.1, 0.15) is 27.1 Å². The Kier molecular flexibility index (Phi) is 4.47. The molecule has 0 nitrogen and oxygen atoms in total. The molecule has 0 heterocycles. The van der Waals surface area contributed by atoms with Crippen molar-refractivity contribution in [3.63, 3.8) is 0 Å². The van der Waals surface area contributed by atoms with Gasteiger partial charge in [-0.3, -0.25) is 0 Å². The van der Waals surface area contributed by atoms with Crippen LogP contribution in [0.15, 0.2) is 42.5 Å². The molecule has 0 radical (unpaired) electrons. The number of alkyl halides is 1. The molecule has 0 N–H and O–H groups in total. The fourth-order valence-corrected chi connectivity index (χ4v) is 3.05. The van der Waals surface area contributed by atoms with E-state index in [1.807, 2.05) is 12.1 Å². The summed E-state index contributed by atoms with van der Waals surface area (Å²) < 4.78 is 0. The highest BCUT2D eigenvalue weighted by molar-refractivity contribution is 9.09.